The molecule has 9 heteroatoms. The van der Waals surface area contributed by atoms with Gasteiger partial charge in [-0.3, -0.25) is 19.3 Å². The molecule has 0 bridgehead atoms. The van der Waals surface area contributed by atoms with Crippen molar-refractivity contribution in [2.24, 2.45) is 5.92 Å². The molecule has 0 aliphatic carbocycles. The first-order valence-electron chi connectivity index (χ1n) is 14.4. The molecular formula is C33H37FN4O4. The lowest BCUT2D eigenvalue weighted by Gasteiger charge is -2.36. The SMILES string of the molecule is Cc1cc(F)ccc1Oc1ccc2c(c1)C(=O)N([C@@H](C(=O)NC1CCN(Cc3ccccc3)CC1)C(C)C)CC(=O)N2. The minimum atomic E-state index is -0.833. The van der Waals surface area contributed by atoms with E-state index in [2.05, 4.69) is 27.7 Å². The van der Waals surface area contributed by atoms with Crippen molar-refractivity contribution in [1.82, 2.24) is 15.1 Å². The predicted molar refractivity (Wildman–Crippen MR) is 159 cm³/mol. The van der Waals surface area contributed by atoms with E-state index in [9.17, 15) is 18.8 Å². The molecule has 3 aromatic rings. The molecule has 0 unspecified atom stereocenters. The summed E-state index contributed by atoms with van der Waals surface area (Å²) in [7, 11) is 0. The van der Waals surface area contributed by atoms with Gasteiger partial charge >= 0.3 is 0 Å². The number of anilines is 1. The zero-order chi connectivity index (χ0) is 29.8. The van der Waals surface area contributed by atoms with E-state index in [1.807, 2.05) is 32.0 Å². The van der Waals surface area contributed by atoms with Crippen LogP contribution in [-0.4, -0.2) is 59.2 Å². The molecule has 5 rings (SSSR count). The van der Waals surface area contributed by atoms with Crippen LogP contribution in [0.5, 0.6) is 11.5 Å². The normalized spacial score (nSPS) is 16.9. The molecule has 2 N–H and O–H groups in total. The molecule has 1 saturated heterocycles. The maximum Gasteiger partial charge on any atom is 0.257 e. The molecular weight excluding hydrogens is 535 g/mol. The summed E-state index contributed by atoms with van der Waals surface area (Å²) in [6.45, 7) is 7.84. The summed E-state index contributed by atoms with van der Waals surface area (Å²) in [6.07, 6.45) is 1.62. The van der Waals surface area contributed by atoms with Crippen LogP contribution < -0.4 is 15.4 Å². The number of halogens is 1. The van der Waals surface area contributed by atoms with Gasteiger partial charge in [0, 0.05) is 25.7 Å². The molecule has 220 valence electrons. The van der Waals surface area contributed by atoms with Crippen molar-refractivity contribution in [3.8, 4) is 11.5 Å². The van der Waals surface area contributed by atoms with Gasteiger partial charge in [0.05, 0.1) is 11.3 Å². The third-order valence-electron chi connectivity index (χ3n) is 7.85. The van der Waals surface area contributed by atoms with Gasteiger partial charge in [-0.25, -0.2) is 4.39 Å². The lowest BCUT2D eigenvalue weighted by Crippen LogP contribution is -2.56. The lowest BCUT2D eigenvalue weighted by molar-refractivity contribution is -0.129. The van der Waals surface area contributed by atoms with Gasteiger partial charge in [-0.2, -0.15) is 0 Å². The van der Waals surface area contributed by atoms with Crippen LogP contribution in [0.3, 0.4) is 0 Å². The van der Waals surface area contributed by atoms with E-state index in [-0.39, 0.29) is 41.7 Å². The molecule has 0 spiro atoms. The molecule has 3 amide bonds. The molecule has 3 aromatic carbocycles. The summed E-state index contributed by atoms with van der Waals surface area (Å²) >= 11 is 0. The number of nitrogens with one attached hydrogen (secondary N) is 2. The number of amides is 3. The van der Waals surface area contributed by atoms with Crippen LogP contribution in [0.4, 0.5) is 10.1 Å². The molecule has 2 heterocycles. The number of carbonyl (C=O) groups excluding carboxylic acids is 3. The van der Waals surface area contributed by atoms with E-state index >= 15 is 0 Å². The maximum atomic E-state index is 13.9. The second kappa shape index (κ2) is 12.7. The van der Waals surface area contributed by atoms with E-state index in [0.717, 1.165) is 32.5 Å². The van der Waals surface area contributed by atoms with E-state index in [4.69, 9.17) is 4.74 Å². The van der Waals surface area contributed by atoms with Gasteiger partial charge in [0.25, 0.3) is 5.91 Å². The van der Waals surface area contributed by atoms with Crippen molar-refractivity contribution in [1.29, 1.82) is 0 Å². The second-order valence-electron chi connectivity index (χ2n) is 11.4. The molecule has 1 atom stereocenters. The summed E-state index contributed by atoms with van der Waals surface area (Å²) in [5.74, 6) is -0.860. The Bertz CT molecular complexity index is 1450. The Kier molecular flexibility index (Phi) is 8.87. The van der Waals surface area contributed by atoms with E-state index < -0.39 is 11.9 Å². The summed E-state index contributed by atoms with van der Waals surface area (Å²) in [5.41, 5.74) is 2.45. The fourth-order valence-electron chi connectivity index (χ4n) is 5.69. The van der Waals surface area contributed by atoms with Gasteiger partial charge < -0.3 is 20.3 Å². The Balaban J connectivity index is 1.29. The van der Waals surface area contributed by atoms with Crippen molar-refractivity contribution < 1.29 is 23.5 Å². The number of hydrogen-bond donors (Lipinski definition) is 2. The number of hydrogen-bond acceptors (Lipinski definition) is 5. The van der Waals surface area contributed by atoms with Gasteiger partial charge in [-0.05, 0) is 73.2 Å². The van der Waals surface area contributed by atoms with Crippen molar-refractivity contribution in [2.75, 3.05) is 25.0 Å². The minimum Gasteiger partial charge on any atom is -0.457 e. The predicted octanol–water partition coefficient (Wildman–Crippen LogP) is 5.13. The smallest absolute Gasteiger partial charge is 0.257 e. The van der Waals surface area contributed by atoms with Crippen molar-refractivity contribution >= 4 is 23.4 Å². The molecule has 1 fully saturated rings. The fraction of sp³-hybridized carbons (Fsp3) is 0.364. The van der Waals surface area contributed by atoms with Crippen LogP contribution in [0.25, 0.3) is 0 Å². The number of fused-ring (bicyclic) bond motifs is 1. The van der Waals surface area contributed by atoms with E-state index in [0.29, 0.717) is 22.7 Å². The standard InChI is InChI=1S/C33H37FN4O4/c1-21(2)31(32(40)35-25-13-15-37(16-14-25)19-23-7-5-4-6-8-23)38-20-30(39)36-28-11-10-26(18-27(28)33(38)41)42-29-12-9-24(34)17-22(29)3/h4-12,17-18,21,25,31H,13-16,19-20H2,1-3H3,(H,35,40)(H,36,39)/t31-/m1/s1. The maximum absolute atomic E-state index is 13.9. The quantitative estimate of drug-likeness (QED) is 0.391. The van der Waals surface area contributed by atoms with E-state index in [1.165, 1.54) is 28.7 Å². The van der Waals surface area contributed by atoms with Crippen LogP contribution in [0.15, 0.2) is 66.7 Å². The third-order valence-corrected chi connectivity index (χ3v) is 7.85. The highest BCUT2D eigenvalue weighted by Crippen LogP contribution is 2.32. The summed E-state index contributed by atoms with van der Waals surface area (Å²) < 4.78 is 19.5. The topological polar surface area (TPSA) is 91.0 Å². The molecule has 42 heavy (non-hydrogen) atoms. The van der Waals surface area contributed by atoms with Gasteiger partial charge in [0.15, 0.2) is 0 Å². The molecule has 2 aliphatic rings. The second-order valence-corrected chi connectivity index (χ2v) is 11.4. The first-order chi connectivity index (χ1) is 20.2. The first-order valence-corrected chi connectivity index (χ1v) is 14.4. The highest BCUT2D eigenvalue weighted by atomic mass is 19.1. The van der Waals surface area contributed by atoms with E-state index in [1.54, 1.807) is 25.1 Å². The average Bonchev–Trinajstić information content (AvgIpc) is 3.07. The number of nitrogens with zero attached hydrogens (tertiary/aromatic N) is 2. The van der Waals surface area contributed by atoms with Crippen molar-refractivity contribution in [3.63, 3.8) is 0 Å². The van der Waals surface area contributed by atoms with Crippen LogP contribution >= 0.6 is 0 Å². The Morgan fingerprint density at radius 2 is 1.79 bits per heavy atom. The van der Waals surface area contributed by atoms with Crippen LogP contribution in [0, 0.1) is 18.7 Å². The summed E-state index contributed by atoms with van der Waals surface area (Å²) in [4.78, 5) is 44.2. The largest absolute Gasteiger partial charge is 0.457 e. The van der Waals surface area contributed by atoms with Crippen LogP contribution in [0.1, 0.15) is 48.2 Å². The van der Waals surface area contributed by atoms with Crippen molar-refractivity contribution in [3.05, 3.63) is 89.2 Å². The number of rotatable bonds is 8. The van der Waals surface area contributed by atoms with Gasteiger partial charge in [-0.1, -0.05) is 44.2 Å². The van der Waals surface area contributed by atoms with Gasteiger partial charge in [0.1, 0.15) is 29.9 Å². The summed E-state index contributed by atoms with van der Waals surface area (Å²) in [5, 5.41) is 5.96. The Morgan fingerprint density at radius 1 is 1.05 bits per heavy atom. The number of carbonyl (C=O) groups is 3. The number of piperidine rings is 1. The molecule has 0 saturated carbocycles. The zero-order valence-corrected chi connectivity index (χ0v) is 24.2. The first kappa shape index (κ1) is 29.3. The lowest BCUT2D eigenvalue weighted by atomic mass is 9.98. The average molecular weight is 573 g/mol. The number of likely N-dealkylation sites (tertiary alicyclic amines) is 1. The highest BCUT2D eigenvalue weighted by Gasteiger charge is 2.38. The number of ether oxygens (including phenoxy) is 1. The zero-order valence-electron chi connectivity index (χ0n) is 24.2. The Hall–Kier alpha value is -4.24. The fourth-order valence-corrected chi connectivity index (χ4v) is 5.69. The molecule has 8 nitrogen and oxygen atoms in total. The van der Waals surface area contributed by atoms with Crippen molar-refractivity contribution in [2.45, 2.75) is 52.2 Å². The minimum absolute atomic E-state index is 0.00656. The van der Waals surface area contributed by atoms with Gasteiger partial charge in [-0.15, -0.1) is 0 Å². The highest BCUT2D eigenvalue weighted by molar-refractivity contribution is 6.10. The number of aryl methyl sites for hydroxylation is 1. The molecule has 2 aliphatic heterocycles. The summed E-state index contributed by atoms with van der Waals surface area (Å²) in [6, 6.07) is 18.5. The monoisotopic (exact) mass is 572 g/mol. The van der Waals surface area contributed by atoms with Crippen LogP contribution in [0.2, 0.25) is 0 Å². The molecule has 0 aromatic heterocycles. The Labute approximate surface area is 245 Å². The molecule has 0 radical (unpaired) electrons. The van der Waals surface area contributed by atoms with Crippen LogP contribution in [-0.2, 0) is 16.1 Å². The van der Waals surface area contributed by atoms with Gasteiger partial charge in [0.2, 0.25) is 11.8 Å². The third kappa shape index (κ3) is 6.79. The number of benzene rings is 3. The Morgan fingerprint density at radius 3 is 2.48 bits per heavy atom.